The third kappa shape index (κ3) is 4.04. The Kier molecular flexibility index (Phi) is 4.77. The molecular formula is C15H23N3O3S. The van der Waals surface area contributed by atoms with Gasteiger partial charge in [-0.25, -0.2) is 13.1 Å². The monoisotopic (exact) mass is 325 g/mol. The number of nitrogens with zero attached hydrogens (tertiary/aromatic N) is 2. The number of rotatable bonds is 5. The molecule has 6 nitrogen and oxygen atoms in total. The van der Waals surface area contributed by atoms with Crippen molar-refractivity contribution in [1.29, 1.82) is 0 Å². The molecule has 1 N–H and O–H groups in total. The van der Waals surface area contributed by atoms with Gasteiger partial charge in [0.25, 0.3) is 0 Å². The van der Waals surface area contributed by atoms with E-state index >= 15 is 0 Å². The number of sulfonamides is 1. The fraction of sp³-hybridized carbons (Fsp3) is 0.667. The molecule has 3 rings (SSSR count). The average molecular weight is 325 g/mol. The van der Waals surface area contributed by atoms with Crippen LogP contribution in [0, 0.1) is 11.8 Å². The average Bonchev–Trinajstić information content (AvgIpc) is 2.88. The minimum absolute atomic E-state index is 0.0109. The summed E-state index contributed by atoms with van der Waals surface area (Å²) in [6, 6.07) is 6.00. The lowest BCUT2D eigenvalue weighted by Gasteiger charge is -2.35. The fourth-order valence-electron chi connectivity index (χ4n) is 3.47. The molecule has 1 aromatic rings. The van der Waals surface area contributed by atoms with E-state index in [1.807, 2.05) is 18.3 Å². The fourth-order valence-corrected chi connectivity index (χ4v) is 3.94. The number of likely N-dealkylation sites (tertiary alicyclic amines) is 1. The number of pyridine rings is 1. The molecule has 0 radical (unpaired) electrons. The van der Waals surface area contributed by atoms with Gasteiger partial charge in [0.05, 0.1) is 24.7 Å². The Hall–Kier alpha value is -1.02. The summed E-state index contributed by atoms with van der Waals surface area (Å²) in [6.45, 7) is 3.99. The van der Waals surface area contributed by atoms with E-state index in [4.69, 9.17) is 4.74 Å². The molecule has 2 aliphatic heterocycles. The van der Waals surface area contributed by atoms with Gasteiger partial charge in [-0.05, 0) is 31.0 Å². The summed E-state index contributed by atoms with van der Waals surface area (Å²) in [4.78, 5) is 6.80. The molecule has 2 saturated heterocycles. The van der Waals surface area contributed by atoms with Crippen LogP contribution < -0.4 is 4.72 Å². The maximum atomic E-state index is 11.2. The summed E-state index contributed by atoms with van der Waals surface area (Å²) in [5, 5.41) is 0. The Morgan fingerprint density at radius 2 is 2.32 bits per heavy atom. The molecule has 0 aliphatic carbocycles. The van der Waals surface area contributed by atoms with Crippen LogP contribution in [0.15, 0.2) is 24.4 Å². The van der Waals surface area contributed by atoms with Crippen LogP contribution in [-0.4, -0.2) is 56.9 Å². The molecule has 0 bridgehead atoms. The molecule has 0 spiro atoms. The highest BCUT2D eigenvalue weighted by atomic mass is 32.2. The zero-order chi connectivity index (χ0) is 15.6. The Morgan fingerprint density at radius 3 is 3.05 bits per heavy atom. The van der Waals surface area contributed by atoms with Crippen LogP contribution in [0.3, 0.4) is 0 Å². The van der Waals surface area contributed by atoms with E-state index in [2.05, 4.69) is 20.7 Å². The predicted molar refractivity (Wildman–Crippen MR) is 83.7 cm³/mol. The summed E-state index contributed by atoms with van der Waals surface area (Å²) >= 11 is 0. The van der Waals surface area contributed by atoms with Gasteiger partial charge in [0.15, 0.2) is 0 Å². The minimum Gasteiger partial charge on any atom is -0.376 e. The number of piperidine rings is 1. The topological polar surface area (TPSA) is 71.5 Å². The molecule has 0 aromatic carbocycles. The van der Waals surface area contributed by atoms with Crippen molar-refractivity contribution in [3.63, 3.8) is 0 Å². The molecule has 2 aliphatic rings. The first-order valence-electron chi connectivity index (χ1n) is 7.70. The lowest BCUT2D eigenvalue weighted by Crippen LogP contribution is -2.43. The number of ether oxygens (including phenoxy) is 1. The van der Waals surface area contributed by atoms with E-state index in [1.165, 1.54) is 6.26 Å². The maximum absolute atomic E-state index is 11.2. The van der Waals surface area contributed by atoms with Gasteiger partial charge < -0.3 is 4.74 Å². The van der Waals surface area contributed by atoms with E-state index < -0.39 is 10.0 Å². The van der Waals surface area contributed by atoms with Gasteiger partial charge in [0, 0.05) is 31.7 Å². The highest BCUT2D eigenvalue weighted by molar-refractivity contribution is 7.88. The number of hydrogen-bond acceptors (Lipinski definition) is 5. The highest BCUT2D eigenvalue weighted by Gasteiger charge is 2.40. The van der Waals surface area contributed by atoms with Crippen molar-refractivity contribution in [2.45, 2.75) is 19.1 Å². The molecule has 22 heavy (non-hydrogen) atoms. The zero-order valence-corrected chi connectivity index (χ0v) is 13.6. The van der Waals surface area contributed by atoms with Crippen LogP contribution >= 0.6 is 0 Å². The lowest BCUT2D eigenvalue weighted by atomic mass is 9.84. The second-order valence-electron chi connectivity index (χ2n) is 6.26. The van der Waals surface area contributed by atoms with Crippen LogP contribution in [0.1, 0.15) is 12.1 Å². The van der Waals surface area contributed by atoms with Gasteiger partial charge in [-0.1, -0.05) is 6.07 Å². The lowest BCUT2D eigenvalue weighted by molar-refractivity contribution is 0.0884. The first-order chi connectivity index (χ1) is 10.5. The normalized spacial score (nSPS) is 29.4. The van der Waals surface area contributed by atoms with Crippen LogP contribution in [0.5, 0.6) is 0 Å². The molecular weight excluding hydrogens is 302 g/mol. The van der Waals surface area contributed by atoms with Crippen molar-refractivity contribution in [1.82, 2.24) is 14.6 Å². The minimum atomic E-state index is -3.15. The molecule has 0 unspecified atom stereocenters. The first-order valence-corrected chi connectivity index (χ1v) is 9.59. The third-order valence-electron chi connectivity index (χ3n) is 4.54. The van der Waals surface area contributed by atoms with Gasteiger partial charge in [-0.15, -0.1) is 0 Å². The first kappa shape index (κ1) is 15.9. The molecule has 1 aromatic heterocycles. The third-order valence-corrected chi connectivity index (χ3v) is 5.23. The summed E-state index contributed by atoms with van der Waals surface area (Å²) in [5.74, 6) is 0.943. The summed E-state index contributed by atoms with van der Waals surface area (Å²) < 4.78 is 30.8. The predicted octanol–water partition coefficient (Wildman–Crippen LogP) is 0.468. The van der Waals surface area contributed by atoms with Crippen LogP contribution in [0.4, 0.5) is 0 Å². The van der Waals surface area contributed by atoms with Gasteiger partial charge >= 0.3 is 0 Å². The number of hydrogen-bond donors (Lipinski definition) is 1. The van der Waals surface area contributed by atoms with Crippen molar-refractivity contribution in [3.8, 4) is 0 Å². The van der Waals surface area contributed by atoms with Crippen molar-refractivity contribution in [3.05, 3.63) is 30.1 Å². The molecule has 3 atom stereocenters. The quantitative estimate of drug-likeness (QED) is 0.852. The van der Waals surface area contributed by atoms with Crippen molar-refractivity contribution < 1.29 is 13.2 Å². The van der Waals surface area contributed by atoms with Crippen LogP contribution in [0.2, 0.25) is 0 Å². The number of aromatic nitrogens is 1. The zero-order valence-electron chi connectivity index (χ0n) is 12.8. The molecule has 122 valence electrons. The SMILES string of the molecule is CS(=O)(=O)NC[C@@H]1OC[C@@H]2CN(Cc3ccccn3)CC[C@@H]21. The van der Waals surface area contributed by atoms with E-state index in [-0.39, 0.29) is 6.10 Å². The standard InChI is InChI=1S/C15H23N3O3S/c1-22(19,20)17-8-15-14-5-7-18(9-12(14)11-21-15)10-13-4-2-3-6-16-13/h2-4,6,12,14-15,17H,5,7-11H2,1H3/t12-,14-,15-/m0/s1. The molecule has 2 fully saturated rings. The smallest absolute Gasteiger partial charge is 0.208 e. The van der Waals surface area contributed by atoms with Crippen molar-refractivity contribution in [2.24, 2.45) is 11.8 Å². The maximum Gasteiger partial charge on any atom is 0.208 e. The molecule has 0 amide bonds. The molecule has 3 heterocycles. The van der Waals surface area contributed by atoms with E-state index in [0.717, 1.165) is 38.4 Å². The Bertz CT molecular complexity index is 593. The van der Waals surface area contributed by atoms with Crippen LogP contribution in [-0.2, 0) is 21.3 Å². The van der Waals surface area contributed by atoms with E-state index in [9.17, 15) is 8.42 Å². The second-order valence-corrected chi connectivity index (χ2v) is 8.09. The molecule has 0 saturated carbocycles. The summed E-state index contributed by atoms with van der Waals surface area (Å²) in [5.41, 5.74) is 1.09. The second kappa shape index (κ2) is 6.62. The number of fused-ring (bicyclic) bond motifs is 1. The van der Waals surface area contributed by atoms with E-state index in [0.29, 0.717) is 18.4 Å². The summed E-state index contributed by atoms with van der Waals surface area (Å²) in [7, 11) is -3.15. The largest absolute Gasteiger partial charge is 0.376 e. The number of nitrogens with one attached hydrogen (secondary N) is 1. The Morgan fingerprint density at radius 1 is 1.45 bits per heavy atom. The van der Waals surface area contributed by atoms with Crippen molar-refractivity contribution in [2.75, 3.05) is 32.5 Å². The Balaban J connectivity index is 1.53. The van der Waals surface area contributed by atoms with Crippen molar-refractivity contribution >= 4 is 10.0 Å². The van der Waals surface area contributed by atoms with Crippen LogP contribution in [0.25, 0.3) is 0 Å². The summed E-state index contributed by atoms with van der Waals surface area (Å²) in [6.07, 6.45) is 4.08. The van der Waals surface area contributed by atoms with E-state index in [1.54, 1.807) is 0 Å². The molecule has 7 heteroatoms. The Labute approximate surface area is 131 Å². The van der Waals surface area contributed by atoms with Gasteiger partial charge in [0.2, 0.25) is 10.0 Å². The highest BCUT2D eigenvalue weighted by Crippen LogP contribution is 2.34. The van der Waals surface area contributed by atoms with Gasteiger partial charge in [-0.3, -0.25) is 9.88 Å². The van der Waals surface area contributed by atoms with Gasteiger partial charge in [-0.2, -0.15) is 0 Å². The van der Waals surface area contributed by atoms with Gasteiger partial charge in [0.1, 0.15) is 0 Å².